The molecule has 0 aromatic heterocycles. The Balaban J connectivity index is 2.30. The van der Waals surface area contributed by atoms with Crippen molar-refractivity contribution < 1.29 is 0 Å². The lowest BCUT2D eigenvalue weighted by molar-refractivity contribution is 0.751. The van der Waals surface area contributed by atoms with Crippen LogP contribution in [0.3, 0.4) is 0 Å². The van der Waals surface area contributed by atoms with Gasteiger partial charge in [-0.1, -0.05) is 66.7 Å². The summed E-state index contributed by atoms with van der Waals surface area (Å²) in [5, 5.41) is 0. The summed E-state index contributed by atoms with van der Waals surface area (Å²) in [6, 6.07) is 20.3. The second-order valence-electron chi connectivity index (χ2n) is 4.09. The van der Waals surface area contributed by atoms with Crippen molar-refractivity contribution in [1.82, 2.24) is 0 Å². The molecule has 0 bridgehead atoms. The molecule has 2 rings (SSSR count). The first kappa shape index (κ1) is 11.9. The Morgan fingerprint density at radius 2 is 1.47 bits per heavy atom. The minimum absolute atomic E-state index is 0.525. The van der Waals surface area contributed by atoms with Crippen molar-refractivity contribution in [2.24, 2.45) is 0 Å². The lowest BCUT2D eigenvalue weighted by atomic mass is 9.91. The molecule has 1 heteroatoms. The maximum atomic E-state index is 6.67. The molecule has 86 valence electrons. The van der Waals surface area contributed by atoms with Gasteiger partial charge in [0.15, 0.2) is 0 Å². The Morgan fingerprint density at radius 1 is 0.941 bits per heavy atom. The van der Waals surface area contributed by atoms with E-state index < -0.39 is 4.87 Å². The highest BCUT2D eigenvalue weighted by Gasteiger charge is 2.25. The van der Waals surface area contributed by atoms with Gasteiger partial charge in [0.2, 0.25) is 0 Å². The van der Waals surface area contributed by atoms with Crippen LogP contribution in [0.2, 0.25) is 0 Å². The minimum Gasteiger partial charge on any atom is -0.109 e. The van der Waals surface area contributed by atoms with Crippen LogP contribution in [0.4, 0.5) is 0 Å². The van der Waals surface area contributed by atoms with Crippen LogP contribution in [0.1, 0.15) is 11.1 Å². The third-order valence-electron chi connectivity index (χ3n) is 2.88. The van der Waals surface area contributed by atoms with Gasteiger partial charge in [-0.25, -0.2) is 0 Å². The molecule has 0 spiro atoms. The number of allylic oxidation sites excluding steroid dienone is 1. The molecule has 0 fully saturated rings. The van der Waals surface area contributed by atoms with E-state index in [0.29, 0.717) is 0 Å². The SMILES string of the molecule is C=CC(Cl)(Cc1ccccc1)c1ccccc1. The second-order valence-corrected chi connectivity index (χ2v) is 4.77. The lowest BCUT2D eigenvalue weighted by Crippen LogP contribution is -2.18. The molecule has 1 atom stereocenters. The van der Waals surface area contributed by atoms with Gasteiger partial charge in [0, 0.05) is 0 Å². The van der Waals surface area contributed by atoms with E-state index in [1.54, 1.807) is 0 Å². The van der Waals surface area contributed by atoms with Gasteiger partial charge in [0.25, 0.3) is 0 Å². The second kappa shape index (κ2) is 5.20. The first-order chi connectivity index (χ1) is 8.24. The molecule has 0 aliphatic carbocycles. The number of halogens is 1. The fraction of sp³-hybridized carbons (Fsp3) is 0.125. The highest BCUT2D eigenvalue weighted by Crippen LogP contribution is 2.33. The van der Waals surface area contributed by atoms with E-state index in [9.17, 15) is 0 Å². The van der Waals surface area contributed by atoms with Crippen molar-refractivity contribution in [3.05, 3.63) is 84.4 Å². The maximum absolute atomic E-state index is 6.67. The number of alkyl halides is 1. The summed E-state index contributed by atoms with van der Waals surface area (Å²) in [6.45, 7) is 3.87. The summed E-state index contributed by atoms with van der Waals surface area (Å²) in [5.74, 6) is 0. The van der Waals surface area contributed by atoms with Crippen LogP contribution in [0.15, 0.2) is 73.3 Å². The van der Waals surface area contributed by atoms with Crippen LogP contribution < -0.4 is 0 Å². The Morgan fingerprint density at radius 3 is 2.00 bits per heavy atom. The summed E-state index contributed by atoms with van der Waals surface area (Å²) in [6.07, 6.45) is 2.57. The summed E-state index contributed by atoms with van der Waals surface area (Å²) < 4.78 is 0. The molecule has 2 aromatic carbocycles. The van der Waals surface area contributed by atoms with Crippen LogP contribution >= 0.6 is 11.6 Å². The van der Waals surface area contributed by atoms with Crippen molar-refractivity contribution in [3.8, 4) is 0 Å². The van der Waals surface area contributed by atoms with Crippen LogP contribution in [0, 0.1) is 0 Å². The molecule has 0 heterocycles. The van der Waals surface area contributed by atoms with E-state index in [1.807, 2.05) is 54.6 Å². The fourth-order valence-electron chi connectivity index (χ4n) is 1.90. The summed E-state index contributed by atoms with van der Waals surface area (Å²) in [7, 11) is 0. The van der Waals surface area contributed by atoms with Gasteiger partial charge < -0.3 is 0 Å². The zero-order valence-electron chi connectivity index (χ0n) is 9.64. The standard InChI is InChI=1S/C16H15Cl/c1-2-16(17,15-11-7-4-8-12-15)13-14-9-5-3-6-10-14/h2-12H,1,13H2. The van der Waals surface area contributed by atoms with E-state index in [0.717, 1.165) is 12.0 Å². The summed E-state index contributed by atoms with van der Waals surface area (Å²) in [5.41, 5.74) is 2.30. The molecule has 0 aliphatic rings. The first-order valence-corrected chi connectivity index (χ1v) is 6.04. The predicted molar refractivity (Wildman–Crippen MR) is 74.3 cm³/mol. The number of hydrogen-bond donors (Lipinski definition) is 0. The number of rotatable bonds is 4. The van der Waals surface area contributed by atoms with Gasteiger partial charge >= 0.3 is 0 Å². The normalized spacial score (nSPS) is 13.9. The summed E-state index contributed by atoms with van der Waals surface area (Å²) in [4.78, 5) is -0.525. The van der Waals surface area contributed by atoms with Crippen LogP contribution in [0.5, 0.6) is 0 Å². The maximum Gasteiger partial charge on any atom is 0.0912 e. The van der Waals surface area contributed by atoms with E-state index in [-0.39, 0.29) is 0 Å². The Hall–Kier alpha value is -1.53. The zero-order chi connectivity index (χ0) is 12.1. The number of benzene rings is 2. The Bertz CT molecular complexity index is 475. The molecular weight excluding hydrogens is 228 g/mol. The Labute approximate surface area is 108 Å². The lowest BCUT2D eigenvalue weighted by Gasteiger charge is -2.23. The molecule has 0 amide bonds. The number of hydrogen-bond acceptors (Lipinski definition) is 0. The van der Waals surface area contributed by atoms with Crippen LogP contribution in [-0.4, -0.2) is 0 Å². The van der Waals surface area contributed by atoms with Crippen molar-refractivity contribution >= 4 is 11.6 Å². The molecule has 0 nitrogen and oxygen atoms in total. The average molecular weight is 243 g/mol. The zero-order valence-corrected chi connectivity index (χ0v) is 10.4. The van der Waals surface area contributed by atoms with Gasteiger partial charge in [0.1, 0.15) is 0 Å². The quantitative estimate of drug-likeness (QED) is 0.545. The topological polar surface area (TPSA) is 0 Å². The van der Waals surface area contributed by atoms with E-state index in [1.165, 1.54) is 5.56 Å². The molecule has 17 heavy (non-hydrogen) atoms. The van der Waals surface area contributed by atoms with Gasteiger partial charge in [-0.2, -0.15) is 0 Å². The third kappa shape index (κ3) is 2.78. The van der Waals surface area contributed by atoms with Gasteiger partial charge in [-0.05, 0) is 17.5 Å². The van der Waals surface area contributed by atoms with Crippen molar-refractivity contribution in [2.45, 2.75) is 11.3 Å². The van der Waals surface area contributed by atoms with Gasteiger partial charge in [-0.3, -0.25) is 0 Å². The first-order valence-electron chi connectivity index (χ1n) is 5.66. The largest absolute Gasteiger partial charge is 0.109 e. The van der Waals surface area contributed by atoms with Gasteiger partial charge in [-0.15, -0.1) is 18.2 Å². The fourth-order valence-corrected chi connectivity index (χ4v) is 2.18. The summed E-state index contributed by atoms with van der Waals surface area (Å²) >= 11 is 6.67. The highest BCUT2D eigenvalue weighted by atomic mass is 35.5. The third-order valence-corrected chi connectivity index (χ3v) is 3.39. The van der Waals surface area contributed by atoms with Crippen molar-refractivity contribution in [2.75, 3.05) is 0 Å². The van der Waals surface area contributed by atoms with Crippen LogP contribution in [-0.2, 0) is 11.3 Å². The molecule has 2 aromatic rings. The molecule has 0 aliphatic heterocycles. The minimum atomic E-state index is -0.525. The average Bonchev–Trinajstić information content (AvgIpc) is 2.41. The smallest absolute Gasteiger partial charge is 0.0912 e. The van der Waals surface area contributed by atoms with Crippen molar-refractivity contribution in [3.63, 3.8) is 0 Å². The predicted octanol–water partition coefficient (Wildman–Crippen LogP) is 4.55. The molecule has 0 radical (unpaired) electrons. The van der Waals surface area contributed by atoms with E-state index >= 15 is 0 Å². The molecule has 1 unspecified atom stereocenters. The molecule has 0 saturated carbocycles. The van der Waals surface area contributed by atoms with Crippen LogP contribution in [0.25, 0.3) is 0 Å². The highest BCUT2D eigenvalue weighted by molar-refractivity contribution is 6.25. The monoisotopic (exact) mass is 242 g/mol. The molecular formula is C16H15Cl. The Kier molecular flexibility index (Phi) is 3.65. The van der Waals surface area contributed by atoms with E-state index in [2.05, 4.69) is 18.7 Å². The van der Waals surface area contributed by atoms with Crippen molar-refractivity contribution in [1.29, 1.82) is 0 Å². The van der Waals surface area contributed by atoms with Gasteiger partial charge in [0.05, 0.1) is 4.87 Å². The molecule has 0 saturated heterocycles. The van der Waals surface area contributed by atoms with E-state index in [4.69, 9.17) is 11.6 Å². The molecule has 0 N–H and O–H groups in total.